The van der Waals surface area contributed by atoms with Crippen molar-refractivity contribution in [2.45, 2.75) is 50.2 Å². The lowest BCUT2D eigenvalue weighted by Gasteiger charge is -2.38. The fraction of sp³-hybridized carbons (Fsp3) is 0.355. The lowest BCUT2D eigenvalue weighted by atomic mass is 9.74. The Hall–Kier alpha value is -4.04. The number of hydrogen-bond donors (Lipinski definition) is 1. The summed E-state index contributed by atoms with van der Waals surface area (Å²) in [7, 11) is 0. The highest BCUT2D eigenvalue weighted by Crippen LogP contribution is 2.45. The number of aromatic nitrogens is 1. The maximum absolute atomic E-state index is 13.0. The van der Waals surface area contributed by atoms with Crippen molar-refractivity contribution >= 4 is 17.7 Å². The van der Waals surface area contributed by atoms with Crippen molar-refractivity contribution in [2.75, 3.05) is 19.7 Å². The van der Waals surface area contributed by atoms with Gasteiger partial charge in [0.2, 0.25) is 11.8 Å². The molecule has 39 heavy (non-hydrogen) atoms. The molecule has 4 aliphatic heterocycles. The minimum Gasteiger partial charge on any atom is -0.492 e. The molecular weight excluding hydrogens is 492 g/mol. The SMILES string of the molecule is O=C1CCC(N2Cc3cc(-c4cc(CN5CCC6(CC5)COc5ccccc56)ccn4)ccc3C2=O)C(=O)N1. The molecule has 3 aromatic rings. The number of pyridine rings is 1. The number of fused-ring (bicyclic) bond motifs is 3. The van der Waals surface area contributed by atoms with Gasteiger partial charge < -0.3 is 9.64 Å². The molecule has 2 aromatic carbocycles. The quantitative estimate of drug-likeness (QED) is 0.528. The van der Waals surface area contributed by atoms with Crippen molar-refractivity contribution in [3.8, 4) is 17.0 Å². The van der Waals surface area contributed by atoms with E-state index in [1.165, 1.54) is 11.1 Å². The maximum Gasteiger partial charge on any atom is 0.255 e. The van der Waals surface area contributed by atoms with E-state index in [-0.39, 0.29) is 23.7 Å². The lowest BCUT2D eigenvalue weighted by molar-refractivity contribution is -0.136. The number of rotatable bonds is 4. The number of carbonyl (C=O) groups is 3. The first-order chi connectivity index (χ1) is 19.0. The lowest BCUT2D eigenvalue weighted by Crippen LogP contribution is -2.52. The number of likely N-dealkylation sites (tertiary alicyclic amines) is 1. The second kappa shape index (κ2) is 9.31. The number of benzene rings is 2. The summed E-state index contributed by atoms with van der Waals surface area (Å²) in [6, 6.07) is 17.8. The molecule has 0 saturated carbocycles. The molecule has 198 valence electrons. The minimum absolute atomic E-state index is 0.139. The van der Waals surface area contributed by atoms with Gasteiger partial charge in [-0.25, -0.2) is 0 Å². The first-order valence-corrected chi connectivity index (χ1v) is 13.7. The Morgan fingerprint density at radius 3 is 2.72 bits per heavy atom. The molecule has 0 bridgehead atoms. The summed E-state index contributed by atoms with van der Waals surface area (Å²) in [6.07, 6.45) is 4.63. The molecule has 0 radical (unpaired) electrons. The molecule has 2 fully saturated rings. The fourth-order valence-corrected chi connectivity index (χ4v) is 6.60. The number of hydrogen-bond acceptors (Lipinski definition) is 6. The second-order valence-electron chi connectivity index (χ2n) is 11.2. The molecule has 1 unspecified atom stereocenters. The number of nitrogens with one attached hydrogen (secondary N) is 1. The number of piperidine rings is 2. The van der Waals surface area contributed by atoms with Crippen LogP contribution in [-0.4, -0.2) is 58.2 Å². The van der Waals surface area contributed by atoms with Gasteiger partial charge in [-0.1, -0.05) is 24.3 Å². The largest absolute Gasteiger partial charge is 0.492 e. The van der Waals surface area contributed by atoms with Crippen LogP contribution in [0.15, 0.2) is 60.8 Å². The highest BCUT2D eigenvalue weighted by molar-refractivity contribution is 6.05. The highest BCUT2D eigenvalue weighted by Gasteiger charge is 2.43. The van der Waals surface area contributed by atoms with Gasteiger partial charge in [0.1, 0.15) is 11.8 Å². The van der Waals surface area contributed by atoms with Gasteiger partial charge >= 0.3 is 0 Å². The van der Waals surface area contributed by atoms with E-state index >= 15 is 0 Å². The number of para-hydroxylation sites is 1. The Labute approximate surface area is 227 Å². The van der Waals surface area contributed by atoms with Crippen LogP contribution >= 0.6 is 0 Å². The van der Waals surface area contributed by atoms with Crippen molar-refractivity contribution in [2.24, 2.45) is 0 Å². The van der Waals surface area contributed by atoms with Crippen LogP contribution in [0, 0.1) is 0 Å². The molecule has 1 atom stereocenters. The van der Waals surface area contributed by atoms with Gasteiger partial charge in [-0.2, -0.15) is 0 Å². The maximum atomic E-state index is 13.0. The van der Waals surface area contributed by atoms with Gasteiger partial charge in [0.05, 0.1) is 12.3 Å². The summed E-state index contributed by atoms with van der Waals surface area (Å²) in [5, 5.41) is 2.36. The normalized spacial score (nSPS) is 22.0. The van der Waals surface area contributed by atoms with Gasteiger partial charge in [0.15, 0.2) is 0 Å². The molecule has 1 aromatic heterocycles. The Kier molecular flexibility index (Phi) is 5.74. The molecule has 2 saturated heterocycles. The molecule has 1 N–H and O–H groups in total. The highest BCUT2D eigenvalue weighted by atomic mass is 16.5. The van der Waals surface area contributed by atoms with E-state index in [4.69, 9.17) is 4.74 Å². The first-order valence-electron chi connectivity index (χ1n) is 13.7. The standard InChI is InChI=1S/C31H30N4O4/c36-28-8-7-26(29(37)33-28)35-18-22-16-21(5-6-23(22)30(35)38)25-15-20(9-12-32-25)17-34-13-10-31(11-14-34)19-39-27-4-2-1-3-24(27)31/h1-6,9,12,15-16,26H,7-8,10-11,13-14,17-19H2,(H,33,36,37). The molecular formula is C31H30N4O4. The van der Waals surface area contributed by atoms with Crippen molar-refractivity contribution < 1.29 is 19.1 Å². The van der Waals surface area contributed by atoms with E-state index < -0.39 is 11.9 Å². The predicted octanol–water partition coefficient (Wildman–Crippen LogP) is 3.44. The van der Waals surface area contributed by atoms with Crippen LogP contribution in [0.25, 0.3) is 11.3 Å². The summed E-state index contributed by atoms with van der Waals surface area (Å²) in [5.41, 5.74) is 6.02. The molecule has 3 amide bonds. The number of carbonyl (C=O) groups excluding carboxylic acids is 3. The molecule has 8 nitrogen and oxygen atoms in total. The average molecular weight is 523 g/mol. The molecule has 8 heteroatoms. The van der Waals surface area contributed by atoms with Crippen LogP contribution in [0.1, 0.15) is 52.7 Å². The molecule has 0 aliphatic carbocycles. The summed E-state index contributed by atoms with van der Waals surface area (Å²) in [4.78, 5) is 45.6. The molecule has 4 aliphatic rings. The minimum atomic E-state index is -0.611. The zero-order chi connectivity index (χ0) is 26.6. The Balaban J connectivity index is 1.04. The van der Waals surface area contributed by atoms with Crippen LogP contribution in [0.5, 0.6) is 5.75 Å². The van der Waals surface area contributed by atoms with E-state index in [1.54, 1.807) is 4.90 Å². The van der Waals surface area contributed by atoms with Gasteiger partial charge in [0, 0.05) is 47.8 Å². The van der Waals surface area contributed by atoms with E-state index in [0.717, 1.165) is 61.7 Å². The summed E-state index contributed by atoms with van der Waals surface area (Å²) in [5.74, 6) is 0.206. The van der Waals surface area contributed by atoms with Crippen molar-refractivity contribution in [3.63, 3.8) is 0 Å². The van der Waals surface area contributed by atoms with Gasteiger partial charge in [-0.15, -0.1) is 0 Å². The second-order valence-corrected chi connectivity index (χ2v) is 11.2. The predicted molar refractivity (Wildman–Crippen MR) is 144 cm³/mol. The zero-order valence-electron chi connectivity index (χ0n) is 21.7. The number of nitrogens with zero attached hydrogens (tertiary/aromatic N) is 3. The number of imide groups is 1. The Bertz CT molecular complexity index is 1490. The van der Waals surface area contributed by atoms with E-state index in [1.807, 2.05) is 30.5 Å². The van der Waals surface area contributed by atoms with Crippen LogP contribution in [0.4, 0.5) is 0 Å². The first kappa shape index (κ1) is 24.0. The summed E-state index contributed by atoms with van der Waals surface area (Å²) >= 11 is 0. The van der Waals surface area contributed by atoms with Crippen LogP contribution in [0.2, 0.25) is 0 Å². The molecule has 5 heterocycles. The van der Waals surface area contributed by atoms with Gasteiger partial charge in [-0.05, 0) is 73.8 Å². The fourth-order valence-electron chi connectivity index (χ4n) is 6.60. The summed E-state index contributed by atoms with van der Waals surface area (Å²) < 4.78 is 6.01. The zero-order valence-corrected chi connectivity index (χ0v) is 21.7. The summed E-state index contributed by atoms with van der Waals surface area (Å²) in [6.45, 7) is 4.04. The van der Waals surface area contributed by atoms with Crippen molar-refractivity contribution in [1.29, 1.82) is 0 Å². The smallest absolute Gasteiger partial charge is 0.255 e. The van der Waals surface area contributed by atoms with Crippen molar-refractivity contribution in [1.82, 2.24) is 20.1 Å². The molecule has 1 spiro atoms. The van der Waals surface area contributed by atoms with Gasteiger partial charge in [0.25, 0.3) is 5.91 Å². The average Bonchev–Trinajstić information content (AvgIpc) is 3.47. The third-order valence-corrected chi connectivity index (χ3v) is 8.83. The molecule has 7 rings (SSSR count). The Morgan fingerprint density at radius 2 is 1.87 bits per heavy atom. The van der Waals surface area contributed by atoms with E-state index in [0.29, 0.717) is 18.5 Å². The van der Waals surface area contributed by atoms with E-state index in [2.05, 4.69) is 45.5 Å². The van der Waals surface area contributed by atoms with E-state index in [9.17, 15) is 14.4 Å². The number of amides is 3. The van der Waals surface area contributed by atoms with Crippen LogP contribution in [-0.2, 0) is 28.1 Å². The monoisotopic (exact) mass is 522 g/mol. The third kappa shape index (κ3) is 4.19. The van der Waals surface area contributed by atoms with Crippen molar-refractivity contribution in [3.05, 3.63) is 83.0 Å². The van der Waals surface area contributed by atoms with Gasteiger partial charge in [-0.3, -0.25) is 29.6 Å². The topological polar surface area (TPSA) is 91.8 Å². The number of ether oxygens (including phenoxy) is 1. The van der Waals surface area contributed by atoms with Crippen LogP contribution in [0.3, 0.4) is 0 Å². The van der Waals surface area contributed by atoms with Crippen LogP contribution < -0.4 is 10.1 Å². The Morgan fingerprint density at radius 1 is 1.03 bits per heavy atom. The third-order valence-electron chi connectivity index (χ3n) is 8.83.